The van der Waals surface area contributed by atoms with E-state index in [9.17, 15) is 14.4 Å². The van der Waals surface area contributed by atoms with Crippen LogP contribution in [0.3, 0.4) is 0 Å². The Labute approximate surface area is 780 Å². The number of nitrogens with zero attached hydrogens (tertiary/aromatic N) is 23. The van der Waals surface area contributed by atoms with Crippen molar-refractivity contribution in [3.8, 4) is 30.2 Å². The standard InChI is InChI=1S/C35H43N7O3.2C34H38N8O2/c1-25-9-5-10-26-11-6-13-31(33(25)26)40-17-15-29-30(23-40)37-35(45-24-27-12-7-16-39(27)3)38-34(29)41-18-19-42(28(22-41)21-36-2)32(43)14-8-20-44-4;2*1-24-8-4-9-25-10-5-12-30(32(24)25)40-17-14-28-29(22-40)37-34(44-23-26-11-7-16-39(26)3)38-33(28)41-18-19-42(27(21-41)20-36-2)31(43)13-6-15-35/h5-6,8-11,13-14,27-28H,7,12,15-24H2,1,3-4H3;2*4-6,8-10,12-13,26-27H,7,11,14,16-23H2,1,3H3/b14-8+;13-6+;13-6-/t27-,28-;2*26-,27-/m000/s1. The van der Waals surface area contributed by atoms with Crippen molar-refractivity contribution in [3.05, 3.63) is 230 Å². The van der Waals surface area contributed by atoms with Crippen LogP contribution in [-0.4, -0.2) is 286 Å². The van der Waals surface area contributed by atoms with Gasteiger partial charge in [-0.2, -0.15) is 40.4 Å². The number of fused-ring (bicyclic) bond motifs is 6. The average molecular weight is 1790 g/mol. The quantitative estimate of drug-likeness (QED) is 0.0327. The number of aromatic nitrogens is 6. The molecule has 0 spiro atoms. The van der Waals surface area contributed by atoms with E-state index in [4.69, 9.17) is 79.1 Å². The lowest BCUT2D eigenvalue weighted by Gasteiger charge is -2.41. The number of benzene rings is 6. The highest BCUT2D eigenvalue weighted by atomic mass is 16.5. The highest BCUT2D eigenvalue weighted by molar-refractivity contribution is 5.99. The summed E-state index contributed by atoms with van der Waals surface area (Å²) in [5, 5.41) is 25.3. The number of ether oxygens (including phenoxy) is 4. The Hall–Kier alpha value is -13.5. The Bertz CT molecular complexity index is 5810. The van der Waals surface area contributed by atoms with E-state index in [0.29, 0.717) is 141 Å². The zero-order chi connectivity index (χ0) is 92.6. The van der Waals surface area contributed by atoms with Crippen LogP contribution in [0.1, 0.15) is 89.0 Å². The molecule has 0 saturated carbocycles. The number of aryl methyl sites for hydroxylation is 3. The summed E-state index contributed by atoms with van der Waals surface area (Å²) in [6.07, 6.45) is 17.4. The van der Waals surface area contributed by atoms with Crippen molar-refractivity contribution in [2.45, 2.75) is 134 Å². The number of methoxy groups -OCH3 is 1. The lowest BCUT2D eigenvalue weighted by atomic mass is 9.99. The number of carbonyl (C=O) groups is 3. The fourth-order valence-electron chi connectivity index (χ4n) is 20.7. The number of likely N-dealkylation sites (tertiary alicyclic amines) is 3. The zero-order valence-corrected chi connectivity index (χ0v) is 77.5. The molecule has 9 aliphatic heterocycles. The van der Waals surface area contributed by atoms with Crippen LogP contribution >= 0.6 is 0 Å². The van der Waals surface area contributed by atoms with Crippen molar-refractivity contribution in [1.82, 2.24) is 59.3 Å². The topological polar surface area (TPSA) is 265 Å². The summed E-state index contributed by atoms with van der Waals surface area (Å²) in [5.74, 6) is 1.99. The molecule has 0 unspecified atom stereocenters. The molecule has 9 aliphatic rings. The van der Waals surface area contributed by atoms with Gasteiger partial charge in [0.05, 0.1) is 55.5 Å². The normalized spacial score (nSPS) is 20.5. The van der Waals surface area contributed by atoms with Gasteiger partial charge in [-0.05, 0) is 170 Å². The molecule has 0 bridgehead atoms. The Morgan fingerprint density at radius 2 is 0.714 bits per heavy atom. The van der Waals surface area contributed by atoms with Gasteiger partial charge in [0.15, 0.2) is 0 Å². The number of anilines is 6. The molecule has 0 aliphatic carbocycles. The molecule has 12 heterocycles. The zero-order valence-electron chi connectivity index (χ0n) is 77.5. The SMILES string of the molecule is [C-]#[N+]C[C@H]1CN(c2nc(OC[C@@H]3CCCN3C)nc3c2CCN(c2cccc4cccc(C)c24)C3)CCN1C(=O)/C=C/C#N.[C-]#[N+]C[C@H]1CN(c2nc(OC[C@@H]3CCCN3C)nc3c2CCN(c2cccc4cccc(C)c24)C3)CCN1C(=O)/C=C/COC.[C-]#[N+]C[C@H]1CN(c2nc(OC[C@@H]3CCCN3C)nc3c2CCN(c2cccc4cccc(C)c24)C3)CCN1C(=O)/C=C\C#N. The molecule has 6 fully saturated rings. The van der Waals surface area contributed by atoms with Gasteiger partial charge >= 0.3 is 18.0 Å². The van der Waals surface area contributed by atoms with Crippen molar-refractivity contribution in [2.24, 2.45) is 0 Å². The predicted molar refractivity (Wildman–Crippen MR) is 518 cm³/mol. The number of piperazine rings is 3. The predicted octanol–water partition coefficient (Wildman–Crippen LogP) is 12.1. The molecular formula is C103H119N23O7. The van der Waals surface area contributed by atoms with Crippen molar-refractivity contribution in [1.29, 1.82) is 10.5 Å². The fraction of sp³-hybridized carbons (Fsp3) is 0.456. The maximum Gasteiger partial charge on any atom is 0.318 e. The minimum atomic E-state index is -0.307. The van der Waals surface area contributed by atoms with Crippen LogP contribution in [0.25, 0.3) is 46.9 Å². The molecule has 0 N–H and O–H groups in total. The smallest absolute Gasteiger partial charge is 0.318 e. The summed E-state index contributed by atoms with van der Waals surface area (Å²) in [5.41, 5.74) is 13.6. The van der Waals surface area contributed by atoms with Gasteiger partial charge in [-0.15, -0.1) is 0 Å². The average Bonchev–Trinajstić information content (AvgIpc) is 1.14. The molecule has 30 heteroatoms. The van der Waals surface area contributed by atoms with Gasteiger partial charge in [0.2, 0.25) is 37.4 Å². The van der Waals surface area contributed by atoms with Crippen LogP contribution < -0.4 is 43.6 Å². The summed E-state index contributed by atoms with van der Waals surface area (Å²) < 4.78 is 24.0. The van der Waals surface area contributed by atoms with E-state index in [1.165, 1.54) is 96.8 Å². The van der Waals surface area contributed by atoms with Crippen LogP contribution in [0.2, 0.25) is 0 Å². The molecule has 6 atom stereocenters. The first kappa shape index (κ1) is 92.7. The highest BCUT2D eigenvalue weighted by Gasteiger charge is 2.41. The largest absolute Gasteiger partial charge is 0.462 e. The van der Waals surface area contributed by atoms with Crippen molar-refractivity contribution >= 4 is 84.6 Å². The molecule has 18 rings (SSSR count). The van der Waals surface area contributed by atoms with Gasteiger partial charge in [0, 0.05) is 184 Å². The molecule has 0 radical (unpaired) electrons. The van der Waals surface area contributed by atoms with E-state index in [1.807, 2.05) is 17.0 Å². The molecular weight excluding hydrogens is 1670 g/mol. The fourth-order valence-corrected chi connectivity index (χ4v) is 20.7. The summed E-state index contributed by atoms with van der Waals surface area (Å²) >= 11 is 0. The van der Waals surface area contributed by atoms with Gasteiger partial charge in [0.1, 0.15) is 55.4 Å². The van der Waals surface area contributed by atoms with E-state index >= 15 is 0 Å². The monoisotopic (exact) mass is 1790 g/mol. The van der Waals surface area contributed by atoms with Gasteiger partial charge in [-0.1, -0.05) is 97.1 Å². The van der Waals surface area contributed by atoms with Crippen LogP contribution in [0.4, 0.5) is 34.5 Å². The highest BCUT2D eigenvalue weighted by Crippen LogP contribution is 2.42. The maximum atomic E-state index is 13.0. The Balaban J connectivity index is 0.000000145. The Morgan fingerprint density at radius 3 is 1.00 bits per heavy atom. The first-order valence-corrected chi connectivity index (χ1v) is 46.7. The van der Waals surface area contributed by atoms with E-state index in [-0.39, 0.29) is 55.5 Å². The minimum Gasteiger partial charge on any atom is -0.462 e. The van der Waals surface area contributed by atoms with Crippen molar-refractivity contribution < 1.29 is 33.3 Å². The summed E-state index contributed by atoms with van der Waals surface area (Å²) in [7, 11) is 8.01. The lowest BCUT2D eigenvalue weighted by molar-refractivity contribution is -0.129. The number of amides is 3. The van der Waals surface area contributed by atoms with Gasteiger partial charge < -0.3 is 92.3 Å². The molecule has 30 nitrogen and oxygen atoms in total. The number of hydrogen-bond donors (Lipinski definition) is 0. The number of carbonyl (C=O) groups excluding carboxylic acids is 3. The van der Waals surface area contributed by atoms with Gasteiger partial charge in [-0.25, -0.2) is 19.7 Å². The molecule has 3 amide bonds. The lowest BCUT2D eigenvalue weighted by Crippen LogP contribution is -2.56. The minimum absolute atomic E-state index is 0.0872. The first-order valence-electron chi connectivity index (χ1n) is 46.7. The summed E-state index contributed by atoms with van der Waals surface area (Å²) in [4.78, 5) is 106. The molecule has 133 heavy (non-hydrogen) atoms. The number of rotatable bonds is 23. The first-order chi connectivity index (χ1) is 64.9. The van der Waals surface area contributed by atoms with E-state index in [1.54, 1.807) is 29.1 Å². The second-order valence-corrected chi connectivity index (χ2v) is 36.1. The van der Waals surface area contributed by atoms with Crippen LogP contribution in [0.15, 0.2) is 146 Å². The number of allylic oxidation sites excluding steroid dienone is 2. The molecule has 3 aromatic heterocycles. The van der Waals surface area contributed by atoms with Gasteiger partial charge in [-0.3, -0.25) is 14.4 Å². The number of nitriles is 2. The third-order valence-corrected chi connectivity index (χ3v) is 27.8. The Morgan fingerprint density at radius 1 is 0.406 bits per heavy atom. The van der Waals surface area contributed by atoms with Crippen LogP contribution in [-0.2, 0) is 58.0 Å². The summed E-state index contributed by atoms with van der Waals surface area (Å²) in [6.45, 7) is 44.1. The number of hydrogen-bond acceptors (Lipinski definition) is 24. The second-order valence-electron chi connectivity index (χ2n) is 36.1. The molecule has 9 aromatic rings. The van der Waals surface area contributed by atoms with E-state index < -0.39 is 0 Å². The third-order valence-electron chi connectivity index (χ3n) is 27.8. The van der Waals surface area contributed by atoms with Crippen molar-refractivity contribution in [2.75, 3.05) is 202 Å². The van der Waals surface area contributed by atoms with E-state index in [2.05, 4.69) is 210 Å². The summed E-state index contributed by atoms with van der Waals surface area (Å²) in [6, 6.07) is 43.9. The molecule has 6 saturated heterocycles. The maximum absolute atomic E-state index is 13.0. The third kappa shape index (κ3) is 21.2. The van der Waals surface area contributed by atoms with E-state index in [0.717, 1.165) is 142 Å². The molecule has 688 valence electrons. The second kappa shape index (κ2) is 43.2. The Kier molecular flexibility index (Phi) is 30.1. The van der Waals surface area contributed by atoms with Crippen LogP contribution in [0.5, 0.6) is 18.0 Å². The van der Waals surface area contributed by atoms with Crippen LogP contribution in [0, 0.1) is 63.1 Å². The number of likely N-dealkylation sites (N-methyl/N-ethyl adjacent to an activating group) is 3. The molecule has 6 aromatic carbocycles. The van der Waals surface area contributed by atoms with Crippen molar-refractivity contribution in [3.63, 3.8) is 0 Å². The van der Waals surface area contributed by atoms with Gasteiger partial charge in [0.25, 0.3) is 0 Å².